The van der Waals surface area contributed by atoms with Gasteiger partial charge in [0.15, 0.2) is 0 Å². The first kappa shape index (κ1) is 11.9. The molecule has 2 N–H and O–H groups in total. The van der Waals surface area contributed by atoms with Crippen LogP contribution in [0.2, 0.25) is 0 Å². The van der Waals surface area contributed by atoms with E-state index in [1.54, 1.807) is 0 Å². The van der Waals surface area contributed by atoms with Crippen molar-refractivity contribution in [3.63, 3.8) is 0 Å². The molecule has 0 bridgehead atoms. The van der Waals surface area contributed by atoms with Crippen molar-refractivity contribution >= 4 is 10.2 Å². The SMILES string of the molecule is O=S(=O)(NCCCCO)N1CCCC1. The quantitative estimate of drug-likeness (QED) is 0.606. The van der Waals surface area contributed by atoms with Crippen LogP contribution < -0.4 is 4.72 Å². The van der Waals surface area contributed by atoms with Gasteiger partial charge in [0.1, 0.15) is 0 Å². The van der Waals surface area contributed by atoms with Gasteiger partial charge in [-0.2, -0.15) is 12.7 Å². The highest BCUT2D eigenvalue weighted by atomic mass is 32.2. The zero-order chi connectivity index (χ0) is 10.4. The summed E-state index contributed by atoms with van der Waals surface area (Å²) < 4.78 is 27.1. The highest BCUT2D eigenvalue weighted by Crippen LogP contribution is 2.10. The molecule has 0 spiro atoms. The van der Waals surface area contributed by atoms with Crippen molar-refractivity contribution in [3.8, 4) is 0 Å². The van der Waals surface area contributed by atoms with Crippen molar-refractivity contribution in [1.82, 2.24) is 9.03 Å². The number of nitrogens with one attached hydrogen (secondary N) is 1. The molecule has 1 aliphatic rings. The van der Waals surface area contributed by atoms with Crippen LogP contribution in [0.15, 0.2) is 0 Å². The summed E-state index contributed by atoms with van der Waals surface area (Å²) in [5.41, 5.74) is 0. The van der Waals surface area contributed by atoms with Gasteiger partial charge < -0.3 is 5.11 Å². The van der Waals surface area contributed by atoms with E-state index in [-0.39, 0.29) is 6.61 Å². The molecule has 0 aromatic rings. The van der Waals surface area contributed by atoms with Gasteiger partial charge in [0.2, 0.25) is 0 Å². The number of aliphatic hydroxyl groups is 1. The molecule has 1 saturated heterocycles. The van der Waals surface area contributed by atoms with Crippen LogP contribution in [0.5, 0.6) is 0 Å². The lowest BCUT2D eigenvalue weighted by Crippen LogP contribution is -2.39. The first-order chi connectivity index (χ1) is 6.67. The van der Waals surface area contributed by atoms with Crippen molar-refractivity contribution in [3.05, 3.63) is 0 Å². The number of nitrogens with zero attached hydrogens (tertiary/aromatic N) is 1. The Morgan fingerprint density at radius 2 is 1.86 bits per heavy atom. The minimum absolute atomic E-state index is 0.117. The van der Waals surface area contributed by atoms with Crippen LogP contribution in [0.3, 0.4) is 0 Å². The van der Waals surface area contributed by atoms with E-state index in [2.05, 4.69) is 4.72 Å². The molecule has 0 atom stereocenters. The summed E-state index contributed by atoms with van der Waals surface area (Å²) in [6.45, 7) is 1.80. The maximum Gasteiger partial charge on any atom is 0.279 e. The van der Waals surface area contributed by atoms with Gasteiger partial charge in [0.25, 0.3) is 10.2 Å². The minimum Gasteiger partial charge on any atom is -0.396 e. The fraction of sp³-hybridized carbons (Fsp3) is 1.00. The lowest BCUT2D eigenvalue weighted by Gasteiger charge is -2.15. The second-order valence-corrected chi connectivity index (χ2v) is 5.19. The van der Waals surface area contributed by atoms with Crippen molar-refractivity contribution < 1.29 is 13.5 Å². The van der Waals surface area contributed by atoms with Crippen LogP contribution in [-0.2, 0) is 10.2 Å². The van der Waals surface area contributed by atoms with Gasteiger partial charge in [-0.15, -0.1) is 0 Å². The largest absolute Gasteiger partial charge is 0.396 e. The van der Waals surface area contributed by atoms with E-state index in [1.807, 2.05) is 0 Å². The Labute approximate surface area is 85.3 Å². The third-order valence-electron chi connectivity index (χ3n) is 2.27. The molecular weight excluding hydrogens is 204 g/mol. The smallest absolute Gasteiger partial charge is 0.279 e. The zero-order valence-electron chi connectivity index (χ0n) is 8.28. The molecule has 0 amide bonds. The first-order valence-corrected chi connectivity index (χ1v) is 6.46. The first-order valence-electron chi connectivity index (χ1n) is 5.02. The molecule has 1 heterocycles. The van der Waals surface area contributed by atoms with Crippen LogP contribution in [0, 0.1) is 0 Å². The molecule has 0 unspecified atom stereocenters. The van der Waals surface area contributed by atoms with Gasteiger partial charge in [0, 0.05) is 26.2 Å². The number of hydrogen-bond acceptors (Lipinski definition) is 3. The van der Waals surface area contributed by atoms with Crippen molar-refractivity contribution in [1.29, 1.82) is 0 Å². The molecular formula is C8H18N2O3S. The topological polar surface area (TPSA) is 69.6 Å². The highest BCUT2D eigenvalue weighted by molar-refractivity contribution is 7.87. The fourth-order valence-electron chi connectivity index (χ4n) is 1.46. The van der Waals surface area contributed by atoms with Crippen LogP contribution in [-0.4, -0.2) is 44.1 Å². The molecule has 0 radical (unpaired) electrons. The van der Waals surface area contributed by atoms with E-state index in [1.165, 1.54) is 4.31 Å². The van der Waals surface area contributed by atoms with E-state index in [0.717, 1.165) is 12.8 Å². The molecule has 1 rings (SSSR count). The van der Waals surface area contributed by atoms with Crippen molar-refractivity contribution in [2.45, 2.75) is 25.7 Å². The Bertz CT molecular complexity index is 247. The lowest BCUT2D eigenvalue weighted by molar-refractivity contribution is 0.284. The molecule has 5 nitrogen and oxygen atoms in total. The molecule has 1 fully saturated rings. The van der Waals surface area contributed by atoms with Gasteiger partial charge in [-0.1, -0.05) is 0 Å². The molecule has 1 aliphatic heterocycles. The van der Waals surface area contributed by atoms with E-state index in [0.29, 0.717) is 32.5 Å². The Morgan fingerprint density at radius 1 is 1.21 bits per heavy atom. The van der Waals surface area contributed by atoms with E-state index in [9.17, 15) is 8.42 Å². The summed E-state index contributed by atoms with van der Waals surface area (Å²) >= 11 is 0. The van der Waals surface area contributed by atoms with Crippen LogP contribution in [0.1, 0.15) is 25.7 Å². The molecule has 0 aromatic heterocycles. The third kappa shape index (κ3) is 3.53. The normalized spacial score (nSPS) is 18.9. The fourth-order valence-corrected chi connectivity index (χ4v) is 2.78. The zero-order valence-corrected chi connectivity index (χ0v) is 9.09. The highest BCUT2D eigenvalue weighted by Gasteiger charge is 2.24. The summed E-state index contributed by atoms with van der Waals surface area (Å²) in [6.07, 6.45) is 3.24. The number of rotatable bonds is 6. The number of unbranched alkanes of at least 4 members (excludes halogenated alkanes) is 1. The maximum absolute atomic E-state index is 11.5. The second kappa shape index (κ2) is 5.65. The number of aliphatic hydroxyl groups excluding tert-OH is 1. The summed E-state index contributed by atoms with van der Waals surface area (Å²) in [4.78, 5) is 0. The molecule has 6 heteroatoms. The Kier molecular flexibility index (Phi) is 4.80. The average molecular weight is 222 g/mol. The van der Waals surface area contributed by atoms with Crippen LogP contribution in [0.25, 0.3) is 0 Å². The molecule has 0 aromatic carbocycles. The Morgan fingerprint density at radius 3 is 2.43 bits per heavy atom. The van der Waals surface area contributed by atoms with Gasteiger partial charge >= 0.3 is 0 Å². The molecule has 0 saturated carbocycles. The predicted molar refractivity (Wildman–Crippen MR) is 54.0 cm³/mol. The Balaban J connectivity index is 2.26. The molecule has 14 heavy (non-hydrogen) atoms. The monoisotopic (exact) mass is 222 g/mol. The van der Waals surface area contributed by atoms with Crippen LogP contribution in [0.4, 0.5) is 0 Å². The van der Waals surface area contributed by atoms with Crippen LogP contribution >= 0.6 is 0 Å². The summed E-state index contributed by atoms with van der Waals surface area (Å²) in [6, 6.07) is 0. The van der Waals surface area contributed by atoms with Gasteiger partial charge in [-0.3, -0.25) is 0 Å². The van der Waals surface area contributed by atoms with Crippen molar-refractivity contribution in [2.75, 3.05) is 26.2 Å². The summed E-state index contributed by atoms with van der Waals surface area (Å²) in [5, 5.41) is 8.52. The standard InChI is InChI=1S/C8H18N2O3S/c11-8-4-1-5-9-14(12,13)10-6-2-3-7-10/h9,11H,1-8H2. The maximum atomic E-state index is 11.5. The van der Waals surface area contributed by atoms with E-state index < -0.39 is 10.2 Å². The Hall–Kier alpha value is -0.170. The van der Waals surface area contributed by atoms with Gasteiger partial charge in [-0.05, 0) is 25.7 Å². The van der Waals surface area contributed by atoms with E-state index in [4.69, 9.17) is 5.11 Å². The summed E-state index contributed by atoms with van der Waals surface area (Å²) in [7, 11) is -3.24. The van der Waals surface area contributed by atoms with Gasteiger partial charge in [0.05, 0.1) is 0 Å². The summed E-state index contributed by atoms with van der Waals surface area (Å²) in [5.74, 6) is 0. The van der Waals surface area contributed by atoms with E-state index >= 15 is 0 Å². The molecule has 0 aliphatic carbocycles. The van der Waals surface area contributed by atoms with Gasteiger partial charge in [-0.25, -0.2) is 4.72 Å². The minimum atomic E-state index is -3.24. The average Bonchev–Trinajstić information content (AvgIpc) is 2.65. The molecule has 84 valence electrons. The van der Waals surface area contributed by atoms with Crippen molar-refractivity contribution in [2.24, 2.45) is 0 Å². The third-order valence-corrected chi connectivity index (χ3v) is 3.89. The second-order valence-electron chi connectivity index (χ2n) is 3.44. The lowest BCUT2D eigenvalue weighted by atomic mass is 10.3. The number of hydrogen-bond donors (Lipinski definition) is 2. The predicted octanol–water partition coefficient (Wildman–Crippen LogP) is -0.311.